The van der Waals surface area contributed by atoms with Crippen molar-refractivity contribution in [3.63, 3.8) is 0 Å². The van der Waals surface area contributed by atoms with E-state index in [0.29, 0.717) is 31.0 Å². The van der Waals surface area contributed by atoms with Crippen molar-refractivity contribution in [2.75, 3.05) is 13.1 Å². The van der Waals surface area contributed by atoms with E-state index in [1.54, 1.807) is 17.9 Å². The number of amides is 2. The highest BCUT2D eigenvalue weighted by atomic mass is 16.3. The summed E-state index contributed by atoms with van der Waals surface area (Å²) in [5.74, 6) is 1.18. The molecule has 0 radical (unpaired) electrons. The van der Waals surface area contributed by atoms with Gasteiger partial charge in [-0.25, -0.2) is 0 Å². The number of hydrogen-bond acceptors (Lipinski definition) is 3. The Balaban J connectivity index is 1.59. The molecule has 0 saturated carbocycles. The van der Waals surface area contributed by atoms with E-state index in [1.165, 1.54) is 0 Å². The molecule has 1 N–H and O–H groups in total. The average molecular weight is 340 g/mol. The van der Waals surface area contributed by atoms with Crippen LogP contribution in [0.4, 0.5) is 0 Å². The summed E-state index contributed by atoms with van der Waals surface area (Å²) in [4.78, 5) is 27.0. The second kappa shape index (κ2) is 7.55. The largest absolute Gasteiger partial charge is 0.466 e. The van der Waals surface area contributed by atoms with Crippen LogP contribution in [0.2, 0.25) is 0 Å². The van der Waals surface area contributed by atoms with Gasteiger partial charge in [-0.3, -0.25) is 9.59 Å². The highest BCUT2D eigenvalue weighted by Crippen LogP contribution is 2.22. The zero-order valence-corrected chi connectivity index (χ0v) is 14.7. The van der Waals surface area contributed by atoms with Gasteiger partial charge < -0.3 is 14.6 Å². The molecule has 0 bridgehead atoms. The van der Waals surface area contributed by atoms with Gasteiger partial charge in [0.05, 0.1) is 11.5 Å². The number of carbonyl (C=O) groups is 2. The van der Waals surface area contributed by atoms with Gasteiger partial charge in [-0.05, 0) is 38.3 Å². The van der Waals surface area contributed by atoms with Gasteiger partial charge in [0.2, 0.25) is 5.91 Å². The second-order valence-electron chi connectivity index (χ2n) is 6.62. The molecule has 1 atom stereocenters. The van der Waals surface area contributed by atoms with Crippen molar-refractivity contribution in [3.05, 3.63) is 59.0 Å². The van der Waals surface area contributed by atoms with E-state index in [0.717, 1.165) is 24.2 Å². The third kappa shape index (κ3) is 4.10. The van der Waals surface area contributed by atoms with Crippen molar-refractivity contribution in [1.29, 1.82) is 0 Å². The maximum Gasteiger partial charge on any atom is 0.257 e. The van der Waals surface area contributed by atoms with E-state index in [-0.39, 0.29) is 17.7 Å². The van der Waals surface area contributed by atoms with Gasteiger partial charge in [-0.2, -0.15) is 0 Å². The van der Waals surface area contributed by atoms with Gasteiger partial charge in [0, 0.05) is 19.6 Å². The lowest BCUT2D eigenvalue weighted by atomic mass is 9.96. The molecule has 1 saturated heterocycles. The number of aryl methyl sites for hydroxylation is 2. The van der Waals surface area contributed by atoms with Crippen LogP contribution in [0.5, 0.6) is 0 Å². The molecular weight excluding hydrogens is 316 g/mol. The number of rotatable bonds is 4. The first-order valence-corrected chi connectivity index (χ1v) is 8.72. The van der Waals surface area contributed by atoms with Gasteiger partial charge in [-0.1, -0.05) is 30.3 Å². The Labute approximate surface area is 148 Å². The molecule has 25 heavy (non-hydrogen) atoms. The minimum absolute atomic E-state index is 0.0152. The summed E-state index contributed by atoms with van der Waals surface area (Å²) in [6, 6.07) is 11.6. The lowest BCUT2D eigenvalue weighted by Gasteiger charge is -2.32. The van der Waals surface area contributed by atoms with Gasteiger partial charge in [0.25, 0.3) is 5.91 Å². The van der Waals surface area contributed by atoms with Gasteiger partial charge in [-0.15, -0.1) is 0 Å². The maximum atomic E-state index is 12.7. The molecule has 1 aliphatic rings. The Morgan fingerprint density at radius 2 is 2.00 bits per heavy atom. The van der Waals surface area contributed by atoms with E-state index in [9.17, 15) is 9.59 Å². The van der Waals surface area contributed by atoms with Crippen molar-refractivity contribution in [3.8, 4) is 0 Å². The molecule has 1 aromatic carbocycles. The van der Waals surface area contributed by atoms with E-state index < -0.39 is 0 Å². The van der Waals surface area contributed by atoms with Crippen LogP contribution in [0.25, 0.3) is 0 Å². The summed E-state index contributed by atoms with van der Waals surface area (Å²) in [7, 11) is 0. The fourth-order valence-corrected chi connectivity index (χ4v) is 3.32. The van der Waals surface area contributed by atoms with Crippen LogP contribution in [-0.2, 0) is 11.3 Å². The number of carbonyl (C=O) groups excluding carboxylic acids is 2. The Hall–Kier alpha value is -2.56. The SMILES string of the molecule is Cc1cc(C(=O)N2CCCC(C(=O)NCc3ccccc3)C2)c(C)o1. The number of nitrogens with zero attached hydrogens (tertiary/aromatic N) is 1. The molecule has 132 valence electrons. The summed E-state index contributed by atoms with van der Waals surface area (Å²) in [6.07, 6.45) is 1.65. The predicted octanol–water partition coefficient (Wildman–Crippen LogP) is 3.07. The average Bonchev–Trinajstić information content (AvgIpc) is 2.98. The summed E-state index contributed by atoms with van der Waals surface area (Å²) in [5.41, 5.74) is 1.67. The Kier molecular flexibility index (Phi) is 5.22. The van der Waals surface area contributed by atoms with E-state index in [1.807, 2.05) is 37.3 Å². The Morgan fingerprint density at radius 1 is 1.24 bits per heavy atom. The third-order valence-electron chi connectivity index (χ3n) is 4.66. The molecule has 5 heteroatoms. The van der Waals surface area contributed by atoms with Crippen molar-refractivity contribution in [1.82, 2.24) is 10.2 Å². The summed E-state index contributed by atoms with van der Waals surface area (Å²) >= 11 is 0. The minimum atomic E-state index is -0.158. The topological polar surface area (TPSA) is 62.6 Å². The highest BCUT2D eigenvalue weighted by Gasteiger charge is 2.30. The number of benzene rings is 1. The molecule has 2 heterocycles. The number of piperidine rings is 1. The molecule has 3 rings (SSSR count). The number of likely N-dealkylation sites (tertiary alicyclic amines) is 1. The van der Waals surface area contributed by atoms with Crippen LogP contribution in [0, 0.1) is 19.8 Å². The minimum Gasteiger partial charge on any atom is -0.466 e. The highest BCUT2D eigenvalue weighted by molar-refractivity contribution is 5.95. The second-order valence-corrected chi connectivity index (χ2v) is 6.62. The molecule has 1 aromatic heterocycles. The number of furan rings is 1. The van der Waals surface area contributed by atoms with Crippen LogP contribution in [0.1, 0.15) is 40.3 Å². The lowest BCUT2D eigenvalue weighted by molar-refractivity contribution is -0.126. The third-order valence-corrected chi connectivity index (χ3v) is 4.66. The first-order valence-electron chi connectivity index (χ1n) is 8.72. The molecule has 1 unspecified atom stereocenters. The van der Waals surface area contributed by atoms with E-state index in [4.69, 9.17) is 4.42 Å². The molecule has 5 nitrogen and oxygen atoms in total. The number of hydrogen-bond donors (Lipinski definition) is 1. The first kappa shape index (κ1) is 17.3. The molecule has 0 spiro atoms. The normalized spacial score (nSPS) is 17.4. The van der Waals surface area contributed by atoms with Crippen molar-refractivity contribution in [2.45, 2.75) is 33.2 Å². The van der Waals surface area contributed by atoms with Gasteiger partial charge in [0.1, 0.15) is 11.5 Å². The molecular formula is C20H24N2O3. The predicted molar refractivity (Wildman–Crippen MR) is 95.1 cm³/mol. The van der Waals surface area contributed by atoms with E-state index in [2.05, 4.69) is 5.32 Å². The van der Waals surface area contributed by atoms with Crippen molar-refractivity contribution < 1.29 is 14.0 Å². The molecule has 0 aliphatic carbocycles. The molecule has 2 aromatic rings. The Bertz CT molecular complexity index is 752. The summed E-state index contributed by atoms with van der Waals surface area (Å²) in [6.45, 7) is 5.30. The number of nitrogens with one attached hydrogen (secondary N) is 1. The first-order chi connectivity index (χ1) is 12.0. The molecule has 1 aliphatic heterocycles. The monoisotopic (exact) mass is 340 g/mol. The van der Waals surface area contributed by atoms with Crippen LogP contribution >= 0.6 is 0 Å². The molecule has 1 fully saturated rings. The van der Waals surface area contributed by atoms with Crippen LogP contribution in [0.15, 0.2) is 40.8 Å². The standard InChI is InChI=1S/C20H24N2O3/c1-14-11-18(15(2)25-14)20(24)22-10-6-9-17(13-22)19(23)21-12-16-7-4-3-5-8-16/h3-5,7-8,11,17H,6,9-10,12-13H2,1-2H3,(H,21,23). The van der Waals surface area contributed by atoms with Crippen molar-refractivity contribution >= 4 is 11.8 Å². The van der Waals surface area contributed by atoms with Crippen LogP contribution in [0.3, 0.4) is 0 Å². The van der Waals surface area contributed by atoms with Gasteiger partial charge >= 0.3 is 0 Å². The Morgan fingerprint density at radius 3 is 2.68 bits per heavy atom. The summed E-state index contributed by atoms with van der Waals surface area (Å²) < 4.78 is 5.46. The van der Waals surface area contributed by atoms with Crippen molar-refractivity contribution in [2.24, 2.45) is 5.92 Å². The quantitative estimate of drug-likeness (QED) is 0.930. The zero-order valence-electron chi connectivity index (χ0n) is 14.7. The maximum absolute atomic E-state index is 12.7. The van der Waals surface area contributed by atoms with Crippen LogP contribution in [-0.4, -0.2) is 29.8 Å². The lowest BCUT2D eigenvalue weighted by Crippen LogP contribution is -2.45. The van der Waals surface area contributed by atoms with Gasteiger partial charge in [0.15, 0.2) is 0 Å². The van der Waals surface area contributed by atoms with Crippen LogP contribution < -0.4 is 5.32 Å². The summed E-state index contributed by atoms with van der Waals surface area (Å²) in [5, 5.41) is 2.99. The fraction of sp³-hybridized carbons (Fsp3) is 0.400. The smallest absolute Gasteiger partial charge is 0.257 e. The fourth-order valence-electron chi connectivity index (χ4n) is 3.32. The zero-order chi connectivity index (χ0) is 17.8. The van der Waals surface area contributed by atoms with E-state index >= 15 is 0 Å². The molecule has 2 amide bonds.